The first-order valence-corrected chi connectivity index (χ1v) is 8.08. The smallest absolute Gasteiger partial charge is 0.220 e. The molecular weight excluding hydrogens is 232 g/mol. The third-order valence-corrected chi connectivity index (χ3v) is 4.86. The van der Waals surface area contributed by atoms with E-state index in [9.17, 15) is 4.79 Å². The maximum absolute atomic E-state index is 11.7. The summed E-state index contributed by atoms with van der Waals surface area (Å²) in [6.45, 7) is 2.03. The third-order valence-electron chi connectivity index (χ3n) is 3.81. The van der Waals surface area contributed by atoms with Gasteiger partial charge >= 0.3 is 0 Å². The van der Waals surface area contributed by atoms with E-state index in [0.717, 1.165) is 25.4 Å². The predicted molar refractivity (Wildman–Crippen MR) is 73.3 cm³/mol. The summed E-state index contributed by atoms with van der Waals surface area (Å²) in [5.41, 5.74) is 0. The van der Waals surface area contributed by atoms with Gasteiger partial charge in [0, 0.05) is 19.0 Å². The molecule has 0 aromatic heterocycles. The van der Waals surface area contributed by atoms with Gasteiger partial charge in [0.25, 0.3) is 0 Å². The number of hydrogen-bond acceptors (Lipinski definition) is 3. The molecule has 2 aliphatic rings. The van der Waals surface area contributed by atoms with E-state index in [2.05, 4.69) is 10.6 Å². The minimum atomic E-state index is 0.247. The zero-order chi connectivity index (χ0) is 11.9. The lowest BCUT2D eigenvalue weighted by molar-refractivity contribution is -0.121. The van der Waals surface area contributed by atoms with Crippen molar-refractivity contribution in [2.45, 2.75) is 44.6 Å². The Kier molecular flexibility index (Phi) is 5.65. The molecule has 0 aliphatic carbocycles. The van der Waals surface area contributed by atoms with Gasteiger partial charge in [-0.3, -0.25) is 4.79 Å². The summed E-state index contributed by atoms with van der Waals surface area (Å²) in [7, 11) is 0. The van der Waals surface area contributed by atoms with Crippen LogP contribution in [0.15, 0.2) is 0 Å². The molecule has 4 heteroatoms. The van der Waals surface area contributed by atoms with Gasteiger partial charge in [-0.25, -0.2) is 0 Å². The third kappa shape index (κ3) is 4.88. The van der Waals surface area contributed by atoms with Crippen molar-refractivity contribution in [3.05, 3.63) is 0 Å². The summed E-state index contributed by atoms with van der Waals surface area (Å²) >= 11 is 2.04. The van der Waals surface area contributed by atoms with E-state index in [1.54, 1.807) is 0 Å². The predicted octanol–water partition coefficient (Wildman–Crippen LogP) is 1.78. The Morgan fingerprint density at radius 1 is 1.29 bits per heavy atom. The molecule has 0 aromatic rings. The molecule has 0 bridgehead atoms. The van der Waals surface area contributed by atoms with E-state index < -0.39 is 0 Å². The van der Waals surface area contributed by atoms with Crippen LogP contribution in [0.1, 0.15) is 38.5 Å². The number of amides is 1. The van der Waals surface area contributed by atoms with Gasteiger partial charge in [-0.15, -0.1) is 0 Å². The first-order valence-electron chi connectivity index (χ1n) is 6.92. The van der Waals surface area contributed by atoms with E-state index in [-0.39, 0.29) is 5.91 Å². The number of carbonyl (C=O) groups excluding carboxylic acids is 1. The Morgan fingerprint density at radius 2 is 2.12 bits per heavy atom. The van der Waals surface area contributed by atoms with E-state index in [0.29, 0.717) is 12.5 Å². The average molecular weight is 256 g/mol. The molecule has 0 radical (unpaired) electrons. The van der Waals surface area contributed by atoms with Gasteiger partial charge in [-0.1, -0.05) is 0 Å². The monoisotopic (exact) mass is 256 g/mol. The summed E-state index contributed by atoms with van der Waals surface area (Å²) in [5, 5.41) is 6.54. The highest BCUT2D eigenvalue weighted by molar-refractivity contribution is 7.99. The lowest BCUT2D eigenvalue weighted by atomic mass is 10.0. The lowest BCUT2D eigenvalue weighted by Gasteiger charge is -2.21. The largest absolute Gasteiger partial charge is 0.356 e. The van der Waals surface area contributed by atoms with E-state index in [4.69, 9.17) is 0 Å². The second-order valence-corrected chi connectivity index (χ2v) is 6.42. The summed E-state index contributed by atoms with van der Waals surface area (Å²) in [6, 6.07) is 0.590. The number of hydrogen-bond donors (Lipinski definition) is 2. The SMILES string of the molecule is O=C(CCC1CCCN1)NCC1CCSCC1. The van der Waals surface area contributed by atoms with Crippen LogP contribution >= 0.6 is 11.8 Å². The molecule has 2 aliphatic heterocycles. The van der Waals surface area contributed by atoms with Gasteiger partial charge in [-0.2, -0.15) is 11.8 Å². The summed E-state index contributed by atoms with van der Waals surface area (Å²) < 4.78 is 0. The van der Waals surface area contributed by atoms with Crippen LogP contribution in [0.2, 0.25) is 0 Å². The van der Waals surface area contributed by atoms with Gasteiger partial charge in [-0.05, 0) is 56.1 Å². The Balaban J connectivity index is 1.53. The van der Waals surface area contributed by atoms with Crippen LogP contribution in [0.5, 0.6) is 0 Å². The van der Waals surface area contributed by atoms with Crippen molar-refractivity contribution < 1.29 is 4.79 Å². The molecule has 2 N–H and O–H groups in total. The van der Waals surface area contributed by atoms with Crippen molar-refractivity contribution in [3.63, 3.8) is 0 Å². The van der Waals surface area contributed by atoms with Crippen LogP contribution in [0.3, 0.4) is 0 Å². The van der Waals surface area contributed by atoms with E-state index in [1.165, 1.54) is 37.2 Å². The molecule has 0 aromatic carbocycles. The number of nitrogens with one attached hydrogen (secondary N) is 2. The zero-order valence-corrected chi connectivity index (χ0v) is 11.4. The summed E-state index contributed by atoms with van der Waals surface area (Å²) in [4.78, 5) is 11.7. The van der Waals surface area contributed by atoms with Crippen LogP contribution in [-0.2, 0) is 4.79 Å². The highest BCUT2D eigenvalue weighted by atomic mass is 32.2. The molecule has 1 atom stereocenters. The zero-order valence-electron chi connectivity index (χ0n) is 10.5. The molecule has 3 nitrogen and oxygen atoms in total. The Labute approximate surface area is 108 Å². The second kappa shape index (κ2) is 7.27. The van der Waals surface area contributed by atoms with Crippen molar-refractivity contribution in [1.82, 2.24) is 10.6 Å². The Bertz CT molecular complexity index is 236. The van der Waals surface area contributed by atoms with Crippen molar-refractivity contribution in [1.29, 1.82) is 0 Å². The minimum Gasteiger partial charge on any atom is -0.356 e. The van der Waals surface area contributed by atoms with E-state index >= 15 is 0 Å². The van der Waals surface area contributed by atoms with Gasteiger partial charge in [0.05, 0.1) is 0 Å². The molecule has 17 heavy (non-hydrogen) atoms. The standard InChI is InChI=1S/C13H24N2OS/c16-13(4-3-12-2-1-7-14-12)15-10-11-5-8-17-9-6-11/h11-12,14H,1-10H2,(H,15,16). The second-order valence-electron chi connectivity index (χ2n) is 5.19. The Morgan fingerprint density at radius 3 is 2.82 bits per heavy atom. The maximum atomic E-state index is 11.7. The fourth-order valence-corrected chi connectivity index (χ4v) is 3.81. The number of rotatable bonds is 5. The van der Waals surface area contributed by atoms with Crippen LogP contribution in [0, 0.1) is 5.92 Å². The van der Waals surface area contributed by atoms with Crippen LogP contribution in [0.4, 0.5) is 0 Å². The first-order chi connectivity index (χ1) is 8.34. The number of carbonyl (C=O) groups is 1. The molecule has 2 heterocycles. The van der Waals surface area contributed by atoms with Crippen molar-refractivity contribution in [2.24, 2.45) is 5.92 Å². The molecular formula is C13H24N2OS. The Hall–Kier alpha value is -0.220. The van der Waals surface area contributed by atoms with E-state index in [1.807, 2.05) is 11.8 Å². The van der Waals surface area contributed by atoms with Crippen LogP contribution in [0.25, 0.3) is 0 Å². The molecule has 98 valence electrons. The molecule has 0 spiro atoms. The minimum absolute atomic E-state index is 0.247. The molecule has 1 unspecified atom stereocenters. The first kappa shape index (κ1) is 13.2. The highest BCUT2D eigenvalue weighted by Crippen LogP contribution is 2.21. The normalized spacial score (nSPS) is 26.0. The lowest BCUT2D eigenvalue weighted by Crippen LogP contribution is -2.32. The van der Waals surface area contributed by atoms with Gasteiger partial charge in [0.2, 0.25) is 5.91 Å². The molecule has 2 saturated heterocycles. The van der Waals surface area contributed by atoms with Crippen molar-refractivity contribution >= 4 is 17.7 Å². The van der Waals surface area contributed by atoms with Crippen LogP contribution in [-0.4, -0.2) is 36.5 Å². The average Bonchev–Trinajstić information content (AvgIpc) is 2.88. The maximum Gasteiger partial charge on any atom is 0.220 e. The molecule has 1 amide bonds. The topological polar surface area (TPSA) is 41.1 Å². The number of thioether (sulfide) groups is 1. The molecule has 0 saturated carbocycles. The van der Waals surface area contributed by atoms with Crippen molar-refractivity contribution in [3.8, 4) is 0 Å². The van der Waals surface area contributed by atoms with Gasteiger partial charge in [0.15, 0.2) is 0 Å². The summed E-state index contributed by atoms with van der Waals surface area (Å²) in [5.74, 6) is 3.51. The molecule has 2 fully saturated rings. The van der Waals surface area contributed by atoms with Crippen LogP contribution < -0.4 is 10.6 Å². The fraction of sp³-hybridized carbons (Fsp3) is 0.923. The quantitative estimate of drug-likeness (QED) is 0.788. The summed E-state index contributed by atoms with van der Waals surface area (Å²) in [6.07, 6.45) is 6.76. The van der Waals surface area contributed by atoms with Gasteiger partial charge < -0.3 is 10.6 Å². The van der Waals surface area contributed by atoms with Crippen molar-refractivity contribution in [2.75, 3.05) is 24.6 Å². The van der Waals surface area contributed by atoms with Gasteiger partial charge in [0.1, 0.15) is 0 Å². The fourth-order valence-electron chi connectivity index (χ4n) is 2.61. The molecule has 2 rings (SSSR count). The highest BCUT2D eigenvalue weighted by Gasteiger charge is 2.17.